The van der Waals surface area contributed by atoms with Crippen molar-refractivity contribution in [3.8, 4) is 5.75 Å². The van der Waals surface area contributed by atoms with Gasteiger partial charge in [0.2, 0.25) is 0 Å². The number of nitrogens with zero attached hydrogens (tertiary/aromatic N) is 1. The van der Waals surface area contributed by atoms with E-state index in [4.69, 9.17) is 16.3 Å². The summed E-state index contributed by atoms with van der Waals surface area (Å²) in [5.74, 6) is 0.600. The zero-order valence-electron chi connectivity index (χ0n) is 16.7. The second kappa shape index (κ2) is 9.69. The number of nitrogens with one attached hydrogen (secondary N) is 1. The molecule has 5 nitrogen and oxygen atoms in total. The first-order valence-electron chi connectivity index (χ1n) is 9.26. The fraction of sp³-hybridized carbons (Fsp3) is 0.130. The van der Waals surface area contributed by atoms with E-state index in [0.717, 1.165) is 11.1 Å². The van der Waals surface area contributed by atoms with Crippen LogP contribution in [0.15, 0.2) is 83.9 Å². The molecule has 0 heterocycles. The highest BCUT2D eigenvalue weighted by Crippen LogP contribution is 2.23. The number of hydrogen-bond donors (Lipinski definition) is 1. The predicted molar refractivity (Wildman–Crippen MR) is 122 cm³/mol. The lowest BCUT2D eigenvalue weighted by molar-refractivity contribution is 0.414. The number of methoxy groups -OCH3 is 1. The maximum atomic E-state index is 12.8. The van der Waals surface area contributed by atoms with Gasteiger partial charge in [-0.1, -0.05) is 41.9 Å². The van der Waals surface area contributed by atoms with Crippen LogP contribution in [-0.4, -0.2) is 27.5 Å². The van der Waals surface area contributed by atoms with Gasteiger partial charge in [0.05, 0.1) is 17.7 Å². The molecule has 3 aromatic rings. The molecule has 0 amide bonds. The maximum Gasteiger partial charge on any atom is 0.261 e. The molecule has 7 heteroatoms. The fourth-order valence-corrected chi connectivity index (χ4v) is 4.05. The Balaban J connectivity index is 1.74. The molecule has 1 N–H and O–H groups in total. The molecule has 0 unspecified atom stereocenters. The monoisotopic (exact) mass is 442 g/mol. The molecular weight excluding hydrogens is 420 g/mol. The number of anilines is 1. The normalized spacial score (nSPS) is 11.4. The molecule has 3 aromatic carbocycles. The van der Waals surface area contributed by atoms with Gasteiger partial charge in [0.1, 0.15) is 5.75 Å². The van der Waals surface area contributed by atoms with Gasteiger partial charge in [-0.2, -0.15) is 0 Å². The summed E-state index contributed by atoms with van der Waals surface area (Å²) in [7, 11) is -0.241. The van der Waals surface area contributed by atoms with Crippen LogP contribution < -0.4 is 9.46 Å². The lowest BCUT2D eigenvalue weighted by Crippen LogP contribution is -2.16. The molecular formula is C23H23ClN2O3S. The summed E-state index contributed by atoms with van der Waals surface area (Å²) in [6.07, 6.45) is 3.92. The van der Waals surface area contributed by atoms with Gasteiger partial charge >= 0.3 is 0 Å². The number of hydrogen-bond acceptors (Lipinski definition) is 4. The van der Waals surface area contributed by atoms with Crippen LogP contribution in [0.2, 0.25) is 5.02 Å². The van der Waals surface area contributed by atoms with E-state index in [0.29, 0.717) is 23.0 Å². The third-order valence-electron chi connectivity index (χ3n) is 4.44. The van der Waals surface area contributed by atoms with Gasteiger partial charge in [-0.15, -0.1) is 0 Å². The average molecular weight is 443 g/mol. The third-order valence-corrected chi connectivity index (χ3v) is 6.08. The van der Waals surface area contributed by atoms with E-state index in [-0.39, 0.29) is 4.90 Å². The van der Waals surface area contributed by atoms with E-state index < -0.39 is 10.0 Å². The Bertz CT molecular complexity index is 1110. The van der Waals surface area contributed by atoms with Gasteiger partial charge in [-0.25, -0.2) is 8.42 Å². The highest BCUT2D eigenvalue weighted by molar-refractivity contribution is 7.92. The Morgan fingerprint density at radius 1 is 1.00 bits per heavy atom. The quantitative estimate of drug-likeness (QED) is 0.517. The van der Waals surface area contributed by atoms with Crippen molar-refractivity contribution < 1.29 is 13.2 Å². The van der Waals surface area contributed by atoms with Crippen molar-refractivity contribution in [1.29, 1.82) is 0 Å². The topological polar surface area (TPSA) is 58.6 Å². The molecule has 0 aliphatic heterocycles. The summed E-state index contributed by atoms with van der Waals surface area (Å²) in [4.78, 5) is 2.16. The average Bonchev–Trinajstić information content (AvgIpc) is 2.74. The molecule has 0 aliphatic rings. The molecule has 3 rings (SSSR count). The van der Waals surface area contributed by atoms with Crippen LogP contribution in [-0.2, 0) is 16.6 Å². The number of ether oxygens (including phenoxy) is 1. The molecule has 0 spiro atoms. The Hall–Kier alpha value is -2.96. The highest BCUT2D eigenvalue weighted by Gasteiger charge is 2.16. The van der Waals surface area contributed by atoms with Gasteiger partial charge in [0.25, 0.3) is 10.0 Å². The van der Waals surface area contributed by atoms with Crippen molar-refractivity contribution in [1.82, 2.24) is 4.90 Å². The Morgan fingerprint density at radius 3 is 2.33 bits per heavy atom. The largest absolute Gasteiger partial charge is 0.497 e. The minimum Gasteiger partial charge on any atom is -0.497 e. The van der Waals surface area contributed by atoms with Crippen molar-refractivity contribution in [2.24, 2.45) is 0 Å². The standard InChI is InChI=1S/C23H23ClN2O3S/c1-26(16-15-18-7-9-20(24)10-8-18)17-19-5-3-4-6-23(19)25-30(27,28)22-13-11-21(29-2)12-14-22/h3-16,25H,17H2,1-2H3/b16-15+. The van der Waals surface area contributed by atoms with E-state index in [9.17, 15) is 8.42 Å². The molecule has 0 saturated heterocycles. The molecule has 0 fully saturated rings. The van der Waals surface area contributed by atoms with Gasteiger partial charge < -0.3 is 9.64 Å². The highest BCUT2D eigenvalue weighted by atomic mass is 35.5. The first-order chi connectivity index (χ1) is 14.4. The SMILES string of the molecule is COc1ccc(S(=O)(=O)Nc2ccccc2CN(C)/C=C/c2ccc(Cl)cc2)cc1. The van der Waals surface area contributed by atoms with Crippen molar-refractivity contribution >= 4 is 33.4 Å². The van der Waals surface area contributed by atoms with Gasteiger partial charge in [-0.3, -0.25) is 4.72 Å². The van der Waals surface area contributed by atoms with Crippen molar-refractivity contribution in [2.75, 3.05) is 18.9 Å². The van der Waals surface area contributed by atoms with Crippen LogP contribution in [0.4, 0.5) is 5.69 Å². The number of rotatable bonds is 8. The second-order valence-electron chi connectivity index (χ2n) is 6.72. The van der Waals surface area contributed by atoms with E-state index in [1.165, 1.54) is 19.2 Å². The minimum absolute atomic E-state index is 0.175. The zero-order chi connectivity index (χ0) is 21.6. The third kappa shape index (κ3) is 5.78. The van der Waals surface area contributed by atoms with Gasteiger partial charge in [0.15, 0.2) is 0 Å². The summed E-state index contributed by atoms with van der Waals surface area (Å²) in [6.45, 7) is 0.533. The summed E-state index contributed by atoms with van der Waals surface area (Å²) in [5, 5.41) is 0.693. The summed E-state index contributed by atoms with van der Waals surface area (Å²) in [5.41, 5.74) is 2.43. The molecule has 0 saturated carbocycles. The van der Waals surface area contributed by atoms with Crippen LogP contribution in [0.3, 0.4) is 0 Å². The number of para-hydroxylation sites is 1. The van der Waals surface area contributed by atoms with Crippen molar-refractivity contribution in [3.05, 3.63) is 95.1 Å². The molecule has 0 aromatic heterocycles. The van der Waals surface area contributed by atoms with Crippen LogP contribution in [0, 0.1) is 0 Å². The van der Waals surface area contributed by atoms with Crippen molar-refractivity contribution in [3.63, 3.8) is 0 Å². The van der Waals surface area contributed by atoms with E-state index in [2.05, 4.69) is 4.72 Å². The molecule has 0 aliphatic carbocycles. The minimum atomic E-state index is -3.71. The maximum absolute atomic E-state index is 12.8. The predicted octanol–water partition coefficient (Wildman–Crippen LogP) is 5.25. The van der Waals surface area contributed by atoms with E-state index >= 15 is 0 Å². The fourth-order valence-electron chi connectivity index (χ4n) is 2.82. The molecule has 0 bridgehead atoms. The summed E-state index contributed by atoms with van der Waals surface area (Å²) >= 11 is 5.91. The van der Waals surface area contributed by atoms with Crippen LogP contribution in [0.1, 0.15) is 11.1 Å². The Labute approximate surface area is 182 Å². The number of halogens is 1. The molecule has 0 radical (unpaired) electrons. The molecule has 30 heavy (non-hydrogen) atoms. The van der Waals surface area contributed by atoms with E-state index in [1.807, 2.05) is 60.6 Å². The second-order valence-corrected chi connectivity index (χ2v) is 8.84. The van der Waals surface area contributed by atoms with E-state index in [1.54, 1.807) is 24.3 Å². The van der Waals surface area contributed by atoms with Crippen LogP contribution >= 0.6 is 11.6 Å². The molecule has 0 atom stereocenters. The van der Waals surface area contributed by atoms with Gasteiger partial charge in [-0.05, 0) is 65.9 Å². The zero-order valence-corrected chi connectivity index (χ0v) is 18.3. The van der Waals surface area contributed by atoms with Crippen LogP contribution in [0.5, 0.6) is 5.75 Å². The number of sulfonamides is 1. The van der Waals surface area contributed by atoms with Gasteiger partial charge in [0, 0.05) is 18.6 Å². The number of benzene rings is 3. The lowest BCUT2D eigenvalue weighted by Gasteiger charge is -2.18. The van der Waals surface area contributed by atoms with Crippen LogP contribution in [0.25, 0.3) is 6.08 Å². The first-order valence-corrected chi connectivity index (χ1v) is 11.1. The smallest absolute Gasteiger partial charge is 0.261 e. The Kier molecular flexibility index (Phi) is 7.03. The summed E-state index contributed by atoms with van der Waals surface area (Å²) in [6, 6.07) is 21.2. The van der Waals surface area contributed by atoms with Crippen molar-refractivity contribution in [2.45, 2.75) is 11.4 Å². The summed E-state index contributed by atoms with van der Waals surface area (Å²) < 4.78 is 33.4. The first kappa shape index (κ1) is 21.7. The Morgan fingerprint density at radius 2 is 1.67 bits per heavy atom. The lowest BCUT2D eigenvalue weighted by atomic mass is 10.1. The molecule has 156 valence electrons.